The minimum atomic E-state index is -5.22. The van der Waals surface area contributed by atoms with E-state index < -0.39 is 23.8 Å². The molecule has 1 atom stereocenters. The van der Waals surface area contributed by atoms with Crippen LogP contribution in [0.3, 0.4) is 0 Å². The Morgan fingerprint density at radius 2 is 2.14 bits per heavy atom. The number of amides is 1. The van der Waals surface area contributed by atoms with Gasteiger partial charge < -0.3 is 25.0 Å². The van der Waals surface area contributed by atoms with E-state index in [1.807, 2.05) is 6.08 Å². The topological polar surface area (TPSA) is 124 Å². The van der Waals surface area contributed by atoms with Crippen molar-refractivity contribution in [3.63, 3.8) is 0 Å². The maximum atomic E-state index is 12.7. The van der Waals surface area contributed by atoms with E-state index >= 15 is 0 Å². The van der Waals surface area contributed by atoms with Gasteiger partial charge in [-0.2, -0.15) is 23.3 Å². The van der Waals surface area contributed by atoms with Gasteiger partial charge in [0.05, 0.1) is 25.1 Å². The van der Waals surface area contributed by atoms with E-state index in [-0.39, 0.29) is 12.6 Å². The molecule has 2 aliphatic heterocycles. The molecule has 198 valence electrons. The van der Waals surface area contributed by atoms with Crippen molar-refractivity contribution in [3.05, 3.63) is 42.6 Å². The highest BCUT2D eigenvalue weighted by molar-refractivity contribution is 5.94. The smallest absolute Gasteiger partial charge is 0.415 e. The number of nitrogens with zero attached hydrogens (tertiary/aromatic N) is 5. The zero-order valence-corrected chi connectivity index (χ0v) is 20.0. The summed E-state index contributed by atoms with van der Waals surface area (Å²) in [6.07, 6.45) is 3.72. The molecule has 0 spiro atoms. The van der Waals surface area contributed by atoms with E-state index in [2.05, 4.69) is 37.0 Å². The van der Waals surface area contributed by atoms with Gasteiger partial charge in [-0.25, -0.2) is 9.78 Å². The molecule has 0 unspecified atom stereocenters. The van der Waals surface area contributed by atoms with Crippen LogP contribution in [0.5, 0.6) is 0 Å². The second kappa shape index (κ2) is 11.0. The minimum Gasteiger partial charge on any atom is -0.415 e. The van der Waals surface area contributed by atoms with Crippen molar-refractivity contribution in [2.75, 3.05) is 36.9 Å². The van der Waals surface area contributed by atoms with Crippen molar-refractivity contribution < 1.29 is 32.2 Å². The number of hydrogen-bond acceptors (Lipinski definition) is 9. The van der Waals surface area contributed by atoms with Crippen LogP contribution in [-0.2, 0) is 26.1 Å². The lowest BCUT2D eigenvalue weighted by molar-refractivity contribution is -0.196. The monoisotopic (exact) mass is 521 g/mol. The fraction of sp³-hybridized carbons (Fsp3) is 0.435. The van der Waals surface area contributed by atoms with Gasteiger partial charge in [0.15, 0.2) is 5.76 Å². The predicted octanol–water partition coefficient (Wildman–Crippen LogP) is 2.78. The van der Waals surface area contributed by atoms with Crippen LogP contribution in [0.1, 0.15) is 24.8 Å². The summed E-state index contributed by atoms with van der Waals surface area (Å²) in [5, 5.41) is 10.5. The number of esters is 1. The number of nitrogens with one attached hydrogen (secondary N) is 2. The predicted molar refractivity (Wildman–Crippen MR) is 126 cm³/mol. The number of halogens is 3. The van der Waals surface area contributed by atoms with Gasteiger partial charge in [0.1, 0.15) is 5.82 Å². The largest absolute Gasteiger partial charge is 0.491 e. The molecule has 1 amide bonds. The van der Waals surface area contributed by atoms with Crippen LogP contribution in [0.15, 0.2) is 37.0 Å². The molecular weight excluding hydrogens is 495 g/mol. The third-order valence-corrected chi connectivity index (χ3v) is 5.89. The van der Waals surface area contributed by atoms with Crippen LogP contribution < -0.4 is 10.6 Å². The SMILES string of the molecule is C=C(OC(=O)C(F)(F)F)C(=O)N1CCC[C@@H]1CNc1nc(Nc2cnn(C)c2)ncc1C1=CCOCC1. The summed E-state index contributed by atoms with van der Waals surface area (Å²) in [5.74, 6) is -3.36. The van der Waals surface area contributed by atoms with Crippen molar-refractivity contribution in [3.8, 4) is 0 Å². The van der Waals surface area contributed by atoms with Gasteiger partial charge in [-0.3, -0.25) is 9.48 Å². The molecule has 37 heavy (non-hydrogen) atoms. The Bertz CT molecular complexity index is 1210. The third-order valence-electron chi connectivity index (χ3n) is 5.89. The maximum Gasteiger partial charge on any atom is 0.491 e. The number of ether oxygens (including phenoxy) is 2. The van der Waals surface area contributed by atoms with Crippen LogP contribution in [-0.4, -0.2) is 75.0 Å². The van der Waals surface area contributed by atoms with E-state index in [1.54, 1.807) is 30.3 Å². The molecule has 4 heterocycles. The van der Waals surface area contributed by atoms with Gasteiger partial charge in [-0.15, -0.1) is 0 Å². The van der Waals surface area contributed by atoms with Gasteiger partial charge in [-0.05, 0) is 24.8 Å². The van der Waals surface area contributed by atoms with Gasteiger partial charge in [0.25, 0.3) is 5.91 Å². The molecule has 0 aromatic carbocycles. The summed E-state index contributed by atoms with van der Waals surface area (Å²) in [5.41, 5.74) is 2.49. The number of rotatable bonds is 8. The third kappa shape index (κ3) is 6.44. The summed E-state index contributed by atoms with van der Waals surface area (Å²) in [7, 11) is 1.78. The van der Waals surface area contributed by atoms with E-state index in [1.165, 1.54) is 4.90 Å². The van der Waals surface area contributed by atoms with E-state index in [4.69, 9.17) is 4.74 Å². The first-order chi connectivity index (χ1) is 17.6. The molecule has 1 saturated heterocycles. The van der Waals surface area contributed by atoms with Gasteiger partial charge in [0.2, 0.25) is 5.95 Å². The lowest BCUT2D eigenvalue weighted by Crippen LogP contribution is -2.41. The standard InChI is InChI=1S/C23H26F3N7O4/c1-14(37-21(35)23(24,25)26)20(34)33-7-3-4-17(33)11-27-19-18(15-5-8-36-9-6-15)12-28-22(31-19)30-16-10-29-32(2)13-16/h5,10,12-13,17H,1,3-4,6-9,11H2,2H3,(H2,27,28,30,31)/t17-/m1/s1. The van der Waals surface area contributed by atoms with Crippen LogP contribution in [0.2, 0.25) is 0 Å². The number of aryl methyl sites for hydroxylation is 1. The molecule has 4 rings (SSSR count). The van der Waals surface area contributed by atoms with Crippen molar-refractivity contribution in [2.24, 2.45) is 7.05 Å². The molecule has 2 aromatic heterocycles. The average molecular weight is 522 g/mol. The molecule has 0 aliphatic carbocycles. The first-order valence-corrected chi connectivity index (χ1v) is 11.5. The molecular formula is C23H26F3N7O4. The summed E-state index contributed by atoms with van der Waals surface area (Å²) >= 11 is 0. The van der Waals surface area contributed by atoms with Crippen LogP contribution in [0.4, 0.5) is 30.6 Å². The minimum absolute atomic E-state index is 0.256. The molecule has 2 aliphatic rings. The molecule has 0 radical (unpaired) electrons. The first kappa shape index (κ1) is 26.1. The quantitative estimate of drug-likeness (QED) is 0.307. The number of aromatic nitrogens is 4. The second-order valence-corrected chi connectivity index (χ2v) is 8.52. The van der Waals surface area contributed by atoms with Crippen LogP contribution in [0.25, 0.3) is 5.57 Å². The highest BCUT2D eigenvalue weighted by atomic mass is 19.4. The number of carbonyl (C=O) groups excluding carboxylic acids is 2. The fourth-order valence-electron chi connectivity index (χ4n) is 4.10. The van der Waals surface area contributed by atoms with Gasteiger partial charge >= 0.3 is 12.1 Å². The number of likely N-dealkylation sites (tertiary alicyclic amines) is 1. The highest BCUT2D eigenvalue weighted by Crippen LogP contribution is 2.29. The molecule has 2 N–H and O–H groups in total. The van der Waals surface area contributed by atoms with Gasteiger partial charge in [0, 0.05) is 44.1 Å². The van der Waals surface area contributed by atoms with E-state index in [0.29, 0.717) is 56.5 Å². The number of anilines is 3. The summed E-state index contributed by atoms with van der Waals surface area (Å²) in [4.78, 5) is 34.2. The Morgan fingerprint density at radius 1 is 1.32 bits per heavy atom. The van der Waals surface area contributed by atoms with Gasteiger partial charge in [-0.1, -0.05) is 12.7 Å². The van der Waals surface area contributed by atoms with Crippen molar-refractivity contribution in [1.29, 1.82) is 0 Å². The first-order valence-electron chi connectivity index (χ1n) is 11.5. The Labute approximate surface area is 210 Å². The average Bonchev–Trinajstić information content (AvgIpc) is 3.50. The number of carbonyl (C=O) groups is 2. The summed E-state index contributed by atoms with van der Waals surface area (Å²) in [6, 6.07) is -0.380. The second-order valence-electron chi connectivity index (χ2n) is 8.52. The van der Waals surface area contributed by atoms with Crippen LogP contribution >= 0.6 is 0 Å². The highest BCUT2D eigenvalue weighted by Gasteiger charge is 2.43. The normalized spacial score (nSPS) is 17.8. The summed E-state index contributed by atoms with van der Waals surface area (Å²) in [6.45, 7) is 4.80. The zero-order valence-electron chi connectivity index (χ0n) is 20.0. The Kier molecular flexibility index (Phi) is 7.76. The van der Waals surface area contributed by atoms with E-state index in [0.717, 1.165) is 11.1 Å². The van der Waals surface area contributed by atoms with Crippen molar-refractivity contribution in [2.45, 2.75) is 31.5 Å². The van der Waals surface area contributed by atoms with Crippen molar-refractivity contribution in [1.82, 2.24) is 24.6 Å². The van der Waals surface area contributed by atoms with Crippen LogP contribution in [0, 0.1) is 0 Å². The maximum absolute atomic E-state index is 12.7. The van der Waals surface area contributed by atoms with Crippen molar-refractivity contribution >= 4 is 34.9 Å². The molecule has 0 bridgehead atoms. The Hall–Kier alpha value is -3.94. The van der Waals surface area contributed by atoms with E-state index in [9.17, 15) is 22.8 Å². The molecule has 1 fully saturated rings. The molecule has 2 aromatic rings. The Morgan fingerprint density at radius 3 is 2.81 bits per heavy atom. The Balaban J connectivity index is 1.49. The number of hydrogen-bond donors (Lipinski definition) is 2. The lowest BCUT2D eigenvalue weighted by Gasteiger charge is -2.26. The molecule has 0 saturated carbocycles. The zero-order chi connectivity index (χ0) is 26.6. The summed E-state index contributed by atoms with van der Waals surface area (Å²) < 4.78 is 48.7. The fourth-order valence-corrected chi connectivity index (χ4v) is 4.10. The molecule has 11 nitrogen and oxygen atoms in total. The number of alkyl halides is 3. The lowest BCUT2D eigenvalue weighted by atomic mass is 10.0. The molecule has 14 heteroatoms.